The maximum Gasteiger partial charge on any atom is 0.326 e. The van der Waals surface area contributed by atoms with E-state index in [0.29, 0.717) is 12.3 Å². The fraction of sp³-hybridized carbons (Fsp3) is 0.400. The van der Waals surface area contributed by atoms with Crippen LogP contribution < -0.4 is 0 Å². The zero-order valence-corrected chi connectivity index (χ0v) is 11.1. The summed E-state index contributed by atoms with van der Waals surface area (Å²) in [5.41, 5.74) is 2.18. The highest BCUT2D eigenvalue weighted by Gasteiger charge is 2.21. The number of carboxylic acid groups (broad SMARTS) is 1. The summed E-state index contributed by atoms with van der Waals surface area (Å²) in [6.45, 7) is 6.14. The fourth-order valence-electron chi connectivity index (χ4n) is 2.34. The van der Waals surface area contributed by atoms with Crippen LogP contribution in [0, 0.1) is 12.8 Å². The first-order valence-corrected chi connectivity index (χ1v) is 6.29. The van der Waals surface area contributed by atoms with Crippen molar-refractivity contribution in [3.05, 3.63) is 36.0 Å². The summed E-state index contributed by atoms with van der Waals surface area (Å²) in [4.78, 5) is 11.4. The third kappa shape index (κ3) is 2.40. The predicted molar refractivity (Wildman–Crippen MR) is 72.8 cm³/mol. The molecule has 96 valence electrons. The predicted octanol–water partition coefficient (Wildman–Crippen LogP) is 3.62. The SMILES string of the molecule is Cc1ccc2c(ccn2[C@H](CC(C)C)C(=O)O)c1. The first kappa shape index (κ1) is 12.7. The van der Waals surface area contributed by atoms with E-state index in [1.165, 1.54) is 5.56 Å². The van der Waals surface area contributed by atoms with Gasteiger partial charge in [0.05, 0.1) is 0 Å². The van der Waals surface area contributed by atoms with Gasteiger partial charge in [-0.3, -0.25) is 0 Å². The Morgan fingerprint density at radius 3 is 2.67 bits per heavy atom. The highest BCUT2D eigenvalue weighted by molar-refractivity contribution is 5.83. The minimum Gasteiger partial charge on any atom is -0.480 e. The number of nitrogens with zero attached hydrogens (tertiary/aromatic N) is 1. The summed E-state index contributed by atoms with van der Waals surface area (Å²) >= 11 is 0. The minimum absolute atomic E-state index is 0.356. The van der Waals surface area contributed by atoms with Crippen molar-refractivity contribution in [3.63, 3.8) is 0 Å². The Hall–Kier alpha value is -1.77. The maximum atomic E-state index is 11.4. The minimum atomic E-state index is -0.762. The van der Waals surface area contributed by atoms with Gasteiger partial charge in [0.25, 0.3) is 0 Å². The summed E-state index contributed by atoms with van der Waals surface area (Å²) in [7, 11) is 0. The molecule has 0 bridgehead atoms. The quantitative estimate of drug-likeness (QED) is 0.893. The summed E-state index contributed by atoms with van der Waals surface area (Å²) < 4.78 is 1.87. The second-order valence-electron chi connectivity index (χ2n) is 5.27. The molecular formula is C15H19NO2. The monoisotopic (exact) mass is 245 g/mol. The molecule has 3 nitrogen and oxygen atoms in total. The zero-order valence-electron chi connectivity index (χ0n) is 11.1. The Morgan fingerprint density at radius 1 is 1.33 bits per heavy atom. The number of hydrogen-bond acceptors (Lipinski definition) is 1. The average Bonchev–Trinajstić information content (AvgIpc) is 2.67. The van der Waals surface area contributed by atoms with E-state index in [1.807, 2.05) is 49.7 Å². The van der Waals surface area contributed by atoms with E-state index >= 15 is 0 Å². The maximum absolute atomic E-state index is 11.4. The molecule has 0 aliphatic heterocycles. The zero-order chi connectivity index (χ0) is 13.3. The molecule has 1 aromatic heterocycles. The number of aliphatic carboxylic acids is 1. The van der Waals surface area contributed by atoms with Crippen molar-refractivity contribution in [2.75, 3.05) is 0 Å². The molecule has 2 aromatic rings. The third-order valence-electron chi connectivity index (χ3n) is 3.19. The van der Waals surface area contributed by atoms with Crippen molar-refractivity contribution in [1.29, 1.82) is 0 Å². The highest BCUT2D eigenvalue weighted by atomic mass is 16.4. The van der Waals surface area contributed by atoms with E-state index < -0.39 is 12.0 Å². The average molecular weight is 245 g/mol. The molecule has 0 fully saturated rings. The molecule has 1 N–H and O–H groups in total. The van der Waals surface area contributed by atoms with Gasteiger partial charge in [-0.25, -0.2) is 4.79 Å². The number of carbonyl (C=O) groups is 1. The van der Waals surface area contributed by atoms with E-state index in [1.54, 1.807) is 0 Å². The molecule has 0 unspecified atom stereocenters. The van der Waals surface area contributed by atoms with Gasteiger partial charge in [0, 0.05) is 11.7 Å². The lowest BCUT2D eigenvalue weighted by molar-refractivity contribution is -0.141. The van der Waals surface area contributed by atoms with Gasteiger partial charge in [0.15, 0.2) is 0 Å². The normalized spacial score (nSPS) is 13.1. The molecule has 0 spiro atoms. The molecular weight excluding hydrogens is 226 g/mol. The Balaban J connectivity index is 2.47. The number of hydrogen-bond donors (Lipinski definition) is 1. The van der Waals surface area contributed by atoms with Crippen LogP contribution in [-0.4, -0.2) is 15.6 Å². The van der Waals surface area contributed by atoms with Crippen molar-refractivity contribution in [2.24, 2.45) is 5.92 Å². The molecule has 18 heavy (non-hydrogen) atoms. The standard InChI is InChI=1S/C15H19NO2/c1-10(2)8-14(15(17)18)16-7-6-12-9-11(3)4-5-13(12)16/h4-7,9-10,14H,8H2,1-3H3,(H,17,18)/t14-/m1/s1. The number of aryl methyl sites for hydroxylation is 1. The van der Waals surface area contributed by atoms with Gasteiger partial charge in [0.2, 0.25) is 0 Å². The van der Waals surface area contributed by atoms with Crippen LogP contribution in [0.3, 0.4) is 0 Å². The van der Waals surface area contributed by atoms with Crippen LogP contribution in [0.4, 0.5) is 0 Å². The van der Waals surface area contributed by atoms with E-state index in [2.05, 4.69) is 6.07 Å². The lowest BCUT2D eigenvalue weighted by Crippen LogP contribution is -2.20. The largest absolute Gasteiger partial charge is 0.480 e. The lowest BCUT2D eigenvalue weighted by atomic mass is 10.0. The summed E-state index contributed by atoms with van der Waals surface area (Å²) in [6.07, 6.45) is 2.53. The third-order valence-corrected chi connectivity index (χ3v) is 3.19. The molecule has 0 saturated heterocycles. The number of carboxylic acids is 1. The van der Waals surface area contributed by atoms with E-state index in [4.69, 9.17) is 0 Å². The second kappa shape index (κ2) is 4.84. The Morgan fingerprint density at radius 2 is 2.06 bits per heavy atom. The summed E-state index contributed by atoms with van der Waals surface area (Å²) in [6, 6.07) is 7.61. The summed E-state index contributed by atoms with van der Waals surface area (Å²) in [5, 5.41) is 10.5. The first-order chi connectivity index (χ1) is 8.49. The van der Waals surface area contributed by atoms with Gasteiger partial charge in [-0.2, -0.15) is 0 Å². The van der Waals surface area contributed by atoms with E-state index in [-0.39, 0.29) is 0 Å². The lowest BCUT2D eigenvalue weighted by Gasteiger charge is -2.17. The molecule has 2 rings (SSSR count). The van der Waals surface area contributed by atoms with Gasteiger partial charge in [-0.1, -0.05) is 25.5 Å². The van der Waals surface area contributed by atoms with Crippen LogP contribution in [0.5, 0.6) is 0 Å². The van der Waals surface area contributed by atoms with Crippen LogP contribution in [0.2, 0.25) is 0 Å². The number of fused-ring (bicyclic) bond motifs is 1. The molecule has 0 aliphatic carbocycles. The smallest absolute Gasteiger partial charge is 0.326 e. The first-order valence-electron chi connectivity index (χ1n) is 6.29. The molecule has 0 radical (unpaired) electrons. The van der Waals surface area contributed by atoms with Crippen LogP contribution in [0.15, 0.2) is 30.5 Å². The van der Waals surface area contributed by atoms with Crippen molar-refractivity contribution < 1.29 is 9.90 Å². The van der Waals surface area contributed by atoms with E-state index in [9.17, 15) is 9.90 Å². The van der Waals surface area contributed by atoms with Crippen LogP contribution in [0.1, 0.15) is 31.9 Å². The molecule has 0 saturated carbocycles. The Labute approximate surface area is 107 Å². The Bertz CT molecular complexity index is 569. The summed E-state index contributed by atoms with van der Waals surface area (Å²) in [5.74, 6) is -0.407. The van der Waals surface area contributed by atoms with Crippen LogP contribution in [0.25, 0.3) is 10.9 Å². The second-order valence-corrected chi connectivity index (χ2v) is 5.27. The van der Waals surface area contributed by atoms with Crippen molar-refractivity contribution in [2.45, 2.75) is 33.2 Å². The number of benzene rings is 1. The van der Waals surface area contributed by atoms with Gasteiger partial charge in [0.1, 0.15) is 6.04 Å². The molecule has 0 aliphatic rings. The van der Waals surface area contributed by atoms with Gasteiger partial charge >= 0.3 is 5.97 Å². The molecule has 1 atom stereocenters. The molecule has 1 heterocycles. The van der Waals surface area contributed by atoms with Crippen molar-refractivity contribution in [1.82, 2.24) is 4.57 Å². The molecule has 0 amide bonds. The molecule has 3 heteroatoms. The Kier molecular flexibility index (Phi) is 3.41. The number of rotatable bonds is 4. The van der Waals surface area contributed by atoms with Crippen molar-refractivity contribution >= 4 is 16.9 Å². The van der Waals surface area contributed by atoms with Gasteiger partial charge in [-0.05, 0) is 42.8 Å². The number of aromatic nitrogens is 1. The van der Waals surface area contributed by atoms with Crippen molar-refractivity contribution in [3.8, 4) is 0 Å². The van der Waals surface area contributed by atoms with Gasteiger partial charge in [-0.15, -0.1) is 0 Å². The topological polar surface area (TPSA) is 42.2 Å². The molecule has 1 aromatic carbocycles. The van der Waals surface area contributed by atoms with E-state index in [0.717, 1.165) is 10.9 Å². The van der Waals surface area contributed by atoms with Crippen LogP contribution in [-0.2, 0) is 4.79 Å². The fourth-order valence-corrected chi connectivity index (χ4v) is 2.34. The van der Waals surface area contributed by atoms with Gasteiger partial charge < -0.3 is 9.67 Å². The van der Waals surface area contributed by atoms with Crippen LogP contribution >= 0.6 is 0 Å². The highest BCUT2D eigenvalue weighted by Crippen LogP contribution is 2.25.